The van der Waals surface area contributed by atoms with Crippen LogP contribution in [0.3, 0.4) is 0 Å². The van der Waals surface area contributed by atoms with Gasteiger partial charge < -0.3 is 24.2 Å². The minimum Gasteiger partial charge on any atom is -0.493 e. The van der Waals surface area contributed by atoms with Crippen molar-refractivity contribution >= 4 is 5.95 Å². The Morgan fingerprint density at radius 1 is 1.00 bits per heavy atom. The lowest BCUT2D eigenvalue weighted by Gasteiger charge is -2.35. The lowest BCUT2D eigenvalue weighted by atomic mass is 9.78. The van der Waals surface area contributed by atoms with E-state index in [4.69, 9.17) is 14.2 Å². The predicted molar refractivity (Wildman–Crippen MR) is 100 cm³/mol. The topological polar surface area (TPSA) is 76.9 Å². The number of anilines is 1. The number of hydrogen-bond donors (Lipinski definition) is 1. The SMILES string of the molecule is COc1ccnc(N2C[C@H]3C[C@@H](Oc4ccccc4OC)[C@H](O)C[C@H]3C2)n1. The fourth-order valence-electron chi connectivity index (χ4n) is 4.16. The molecule has 2 heterocycles. The van der Waals surface area contributed by atoms with E-state index in [1.165, 1.54) is 0 Å². The molecule has 4 rings (SSSR count). The first-order valence-corrected chi connectivity index (χ1v) is 9.27. The highest BCUT2D eigenvalue weighted by atomic mass is 16.5. The minimum atomic E-state index is -0.498. The standard InChI is InChI=1S/C20H25N3O4/c1-25-16-5-3-4-6-17(16)27-18-10-14-12-23(11-13(14)9-15(18)24)20-21-8-7-19(22-20)26-2/h3-8,13-15,18,24H,9-12H2,1-2H3/t13-,14+,15+,18+/m0/s1. The van der Waals surface area contributed by atoms with Gasteiger partial charge in [0.15, 0.2) is 11.5 Å². The van der Waals surface area contributed by atoms with Gasteiger partial charge in [-0.15, -0.1) is 0 Å². The van der Waals surface area contributed by atoms with Gasteiger partial charge in [0, 0.05) is 25.4 Å². The monoisotopic (exact) mass is 371 g/mol. The van der Waals surface area contributed by atoms with Crippen molar-refractivity contribution in [2.45, 2.75) is 25.0 Å². The number of ether oxygens (including phenoxy) is 3. The molecule has 144 valence electrons. The summed E-state index contributed by atoms with van der Waals surface area (Å²) in [5.74, 6) is 3.45. The maximum atomic E-state index is 10.6. The van der Waals surface area contributed by atoms with Gasteiger partial charge in [-0.3, -0.25) is 0 Å². The van der Waals surface area contributed by atoms with Gasteiger partial charge in [-0.25, -0.2) is 4.98 Å². The van der Waals surface area contributed by atoms with Crippen LogP contribution >= 0.6 is 0 Å². The minimum absolute atomic E-state index is 0.242. The Hall–Kier alpha value is -2.54. The van der Waals surface area contributed by atoms with E-state index in [0.29, 0.717) is 41.6 Å². The fourth-order valence-corrected chi connectivity index (χ4v) is 4.16. The van der Waals surface area contributed by atoms with E-state index in [0.717, 1.165) is 19.5 Å². The van der Waals surface area contributed by atoms with Crippen LogP contribution in [0.1, 0.15) is 12.8 Å². The van der Waals surface area contributed by atoms with Crippen LogP contribution in [0.25, 0.3) is 0 Å². The molecule has 7 heteroatoms. The molecule has 2 fully saturated rings. The van der Waals surface area contributed by atoms with Crippen LogP contribution in [0, 0.1) is 11.8 Å². The van der Waals surface area contributed by atoms with Crippen LogP contribution in [0.4, 0.5) is 5.95 Å². The predicted octanol–water partition coefficient (Wildman–Crippen LogP) is 2.15. The number of aliphatic hydroxyl groups excluding tert-OH is 1. The quantitative estimate of drug-likeness (QED) is 0.863. The van der Waals surface area contributed by atoms with Crippen LogP contribution < -0.4 is 19.1 Å². The van der Waals surface area contributed by atoms with Crippen molar-refractivity contribution in [1.82, 2.24) is 9.97 Å². The molecule has 0 spiro atoms. The van der Waals surface area contributed by atoms with E-state index in [1.807, 2.05) is 24.3 Å². The van der Waals surface area contributed by atoms with Crippen LogP contribution in [0.5, 0.6) is 17.4 Å². The van der Waals surface area contributed by atoms with Crippen molar-refractivity contribution in [3.05, 3.63) is 36.5 Å². The lowest BCUT2D eigenvalue weighted by Crippen LogP contribution is -2.42. The van der Waals surface area contributed by atoms with E-state index < -0.39 is 6.10 Å². The fraction of sp³-hybridized carbons (Fsp3) is 0.500. The summed E-state index contributed by atoms with van der Waals surface area (Å²) in [4.78, 5) is 11.0. The highest BCUT2D eigenvalue weighted by molar-refractivity contribution is 5.40. The second-order valence-corrected chi connectivity index (χ2v) is 7.17. The van der Waals surface area contributed by atoms with Crippen LogP contribution in [0.2, 0.25) is 0 Å². The number of benzene rings is 1. The van der Waals surface area contributed by atoms with E-state index in [9.17, 15) is 5.11 Å². The van der Waals surface area contributed by atoms with Gasteiger partial charge in [-0.1, -0.05) is 12.1 Å². The largest absolute Gasteiger partial charge is 0.493 e. The van der Waals surface area contributed by atoms with Gasteiger partial charge in [0.2, 0.25) is 11.8 Å². The van der Waals surface area contributed by atoms with Crippen molar-refractivity contribution in [3.8, 4) is 17.4 Å². The molecule has 1 saturated carbocycles. The average Bonchev–Trinajstić information content (AvgIpc) is 3.11. The number of fused-ring (bicyclic) bond motifs is 1. The van der Waals surface area contributed by atoms with E-state index >= 15 is 0 Å². The lowest BCUT2D eigenvalue weighted by molar-refractivity contribution is -0.0240. The summed E-state index contributed by atoms with van der Waals surface area (Å²) in [6.07, 6.45) is 2.48. The third-order valence-corrected chi connectivity index (χ3v) is 5.54. The maximum Gasteiger partial charge on any atom is 0.228 e. The normalized spacial score (nSPS) is 27.1. The molecule has 0 unspecified atom stereocenters. The summed E-state index contributed by atoms with van der Waals surface area (Å²) in [5, 5.41) is 10.6. The third-order valence-electron chi connectivity index (χ3n) is 5.54. The molecule has 1 N–H and O–H groups in total. The van der Waals surface area contributed by atoms with Crippen LogP contribution in [0.15, 0.2) is 36.5 Å². The summed E-state index contributed by atoms with van der Waals surface area (Å²) in [5.41, 5.74) is 0. The second kappa shape index (κ2) is 7.60. The van der Waals surface area contributed by atoms with Crippen molar-refractivity contribution in [3.63, 3.8) is 0 Å². The Labute approximate surface area is 158 Å². The average molecular weight is 371 g/mol. The summed E-state index contributed by atoms with van der Waals surface area (Å²) in [6.45, 7) is 1.70. The van der Waals surface area contributed by atoms with Crippen LogP contribution in [-0.4, -0.2) is 54.6 Å². The zero-order chi connectivity index (χ0) is 18.8. The Balaban J connectivity index is 1.45. The molecule has 1 aromatic heterocycles. The van der Waals surface area contributed by atoms with Gasteiger partial charge >= 0.3 is 0 Å². The zero-order valence-corrected chi connectivity index (χ0v) is 15.6. The molecular weight excluding hydrogens is 346 g/mol. The Morgan fingerprint density at radius 2 is 1.74 bits per heavy atom. The van der Waals surface area contributed by atoms with E-state index in [-0.39, 0.29) is 6.10 Å². The molecule has 1 aromatic carbocycles. The Morgan fingerprint density at radius 3 is 2.48 bits per heavy atom. The molecule has 1 aliphatic carbocycles. The Kier molecular flexibility index (Phi) is 5.03. The first kappa shape index (κ1) is 17.9. The number of methoxy groups -OCH3 is 2. The smallest absolute Gasteiger partial charge is 0.228 e. The molecule has 1 aliphatic heterocycles. The number of hydrogen-bond acceptors (Lipinski definition) is 7. The molecule has 0 bridgehead atoms. The summed E-state index contributed by atoms with van der Waals surface area (Å²) >= 11 is 0. The number of aliphatic hydroxyl groups is 1. The molecule has 0 amide bonds. The summed E-state index contributed by atoms with van der Waals surface area (Å²) < 4.78 is 16.7. The zero-order valence-electron chi connectivity index (χ0n) is 15.6. The maximum absolute atomic E-state index is 10.6. The molecule has 0 radical (unpaired) electrons. The van der Waals surface area contributed by atoms with Gasteiger partial charge in [0.1, 0.15) is 6.10 Å². The number of para-hydroxylation sites is 2. The highest BCUT2D eigenvalue weighted by Crippen LogP contribution is 2.40. The summed E-state index contributed by atoms with van der Waals surface area (Å²) in [6, 6.07) is 9.30. The third kappa shape index (κ3) is 3.64. The molecule has 27 heavy (non-hydrogen) atoms. The second-order valence-electron chi connectivity index (χ2n) is 7.17. The van der Waals surface area contributed by atoms with Crippen molar-refractivity contribution in [2.75, 3.05) is 32.2 Å². The van der Waals surface area contributed by atoms with Gasteiger partial charge in [0.05, 0.1) is 20.3 Å². The molecule has 7 nitrogen and oxygen atoms in total. The first-order valence-electron chi connectivity index (χ1n) is 9.27. The molecular formula is C20H25N3O4. The van der Waals surface area contributed by atoms with Crippen molar-refractivity contribution in [2.24, 2.45) is 11.8 Å². The number of rotatable bonds is 5. The molecule has 4 atom stereocenters. The Bertz CT molecular complexity index is 787. The van der Waals surface area contributed by atoms with Crippen molar-refractivity contribution < 1.29 is 19.3 Å². The summed E-state index contributed by atoms with van der Waals surface area (Å²) in [7, 11) is 3.23. The molecule has 2 aromatic rings. The highest BCUT2D eigenvalue weighted by Gasteiger charge is 2.43. The van der Waals surface area contributed by atoms with Gasteiger partial charge in [-0.05, 0) is 36.8 Å². The van der Waals surface area contributed by atoms with Crippen LogP contribution in [-0.2, 0) is 0 Å². The first-order chi connectivity index (χ1) is 13.2. The van der Waals surface area contributed by atoms with Gasteiger partial charge in [0.25, 0.3) is 0 Å². The van der Waals surface area contributed by atoms with E-state index in [1.54, 1.807) is 26.5 Å². The van der Waals surface area contributed by atoms with Gasteiger partial charge in [-0.2, -0.15) is 4.98 Å². The molecule has 1 saturated heterocycles. The van der Waals surface area contributed by atoms with Crippen molar-refractivity contribution in [1.29, 1.82) is 0 Å². The number of aromatic nitrogens is 2. The number of nitrogens with zero attached hydrogens (tertiary/aromatic N) is 3. The molecule has 2 aliphatic rings. The van der Waals surface area contributed by atoms with E-state index in [2.05, 4.69) is 14.9 Å².